The van der Waals surface area contributed by atoms with Crippen LogP contribution in [0.4, 0.5) is 11.4 Å². The third-order valence-corrected chi connectivity index (χ3v) is 5.75. The first-order valence-corrected chi connectivity index (χ1v) is 10.6. The molecule has 0 atom stereocenters. The van der Waals surface area contributed by atoms with Gasteiger partial charge in [0.1, 0.15) is 0 Å². The smallest absolute Gasteiger partial charge is 0.179 e. The fraction of sp³-hybridized carbons (Fsp3) is 0.381. The van der Waals surface area contributed by atoms with Crippen LogP contribution in [-0.2, 0) is 0 Å². The van der Waals surface area contributed by atoms with Crippen LogP contribution in [0.25, 0.3) is 0 Å². The predicted octanol–water partition coefficient (Wildman–Crippen LogP) is 6.40. The summed E-state index contributed by atoms with van der Waals surface area (Å²) in [6.07, 6.45) is 4.88. The topological polar surface area (TPSA) is 9.72 Å². The van der Waals surface area contributed by atoms with Crippen molar-refractivity contribution in [2.24, 2.45) is 0 Å². The molecule has 6 heteroatoms. The summed E-state index contributed by atoms with van der Waals surface area (Å²) in [6.45, 7) is 4.69. The molecule has 1 saturated heterocycles. The average Bonchev–Trinajstić information content (AvgIpc) is 2.68. The van der Waals surface area contributed by atoms with Crippen LogP contribution in [0, 0.1) is 0 Å². The Kier molecular flexibility index (Phi) is 7.22. The fourth-order valence-electron chi connectivity index (χ4n) is 3.24. The predicted molar refractivity (Wildman–Crippen MR) is 121 cm³/mol. The highest BCUT2D eigenvalue weighted by molar-refractivity contribution is 7.80. The zero-order valence-electron chi connectivity index (χ0n) is 15.6. The van der Waals surface area contributed by atoms with E-state index in [-0.39, 0.29) is 0 Å². The van der Waals surface area contributed by atoms with Crippen LogP contribution in [-0.4, -0.2) is 29.9 Å². The summed E-state index contributed by atoms with van der Waals surface area (Å²) < 4.78 is 0. The molecule has 2 aromatic carbocycles. The number of anilines is 2. The second-order valence-corrected chi connectivity index (χ2v) is 8.05. The molecule has 27 heavy (non-hydrogen) atoms. The van der Waals surface area contributed by atoms with Gasteiger partial charge in [0.05, 0.1) is 13.3 Å². The molecular weight excluding hydrogens is 397 g/mol. The van der Waals surface area contributed by atoms with Gasteiger partial charge >= 0.3 is 0 Å². The molecule has 1 aliphatic heterocycles. The molecule has 1 heterocycles. The summed E-state index contributed by atoms with van der Waals surface area (Å²) >= 11 is 18.0. The van der Waals surface area contributed by atoms with Crippen molar-refractivity contribution in [2.75, 3.05) is 29.7 Å². The molecule has 0 unspecified atom stereocenters. The minimum Gasteiger partial charge on any atom is -0.336 e. The van der Waals surface area contributed by atoms with Gasteiger partial charge in [0.15, 0.2) is 5.11 Å². The Morgan fingerprint density at radius 3 is 2.00 bits per heavy atom. The molecule has 144 valence electrons. The third kappa shape index (κ3) is 5.28. The molecule has 3 nitrogen and oxygen atoms in total. The zero-order valence-corrected chi connectivity index (χ0v) is 17.9. The molecule has 0 saturated carbocycles. The van der Waals surface area contributed by atoms with Crippen molar-refractivity contribution in [3.8, 4) is 0 Å². The van der Waals surface area contributed by atoms with Crippen LogP contribution < -0.4 is 9.80 Å². The van der Waals surface area contributed by atoms with Crippen LogP contribution in [0.1, 0.15) is 32.6 Å². The molecule has 1 fully saturated rings. The lowest BCUT2D eigenvalue weighted by molar-refractivity contribution is 0.377. The second kappa shape index (κ2) is 9.63. The van der Waals surface area contributed by atoms with Crippen molar-refractivity contribution in [3.05, 3.63) is 58.6 Å². The number of hydrogen-bond donors (Lipinski definition) is 0. The molecule has 0 N–H and O–H groups in total. The van der Waals surface area contributed by atoms with Gasteiger partial charge in [-0.1, -0.05) is 49.4 Å². The average molecular weight is 422 g/mol. The standard InChI is InChI=1S/C21H25Cl2N3S/c1-2-3-4-5-14-24-15-25(19-10-6-17(22)7-11-19)16-26(21(24)27)20-12-8-18(23)9-13-20/h6-13H,2-5,14-16H2,1H3. The number of thiocarbonyl (C=S) groups is 1. The van der Waals surface area contributed by atoms with Crippen LogP contribution in [0.5, 0.6) is 0 Å². The molecule has 0 bridgehead atoms. The normalized spacial score (nSPS) is 14.8. The first-order valence-electron chi connectivity index (χ1n) is 9.41. The molecule has 0 amide bonds. The third-order valence-electron chi connectivity index (χ3n) is 4.77. The van der Waals surface area contributed by atoms with Crippen molar-refractivity contribution >= 4 is 51.9 Å². The molecule has 2 aromatic rings. The van der Waals surface area contributed by atoms with Crippen molar-refractivity contribution in [2.45, 2.75) is 32.6 Å². The van der Waals surface area contributed by atoms with Crippen LogP contribution in [0.15, 0.2) is 48.5 Å². The minimum absolute atomic E-state index is 0.702. The monoisotopic (exact) mass is 421 g/mol. The summed E-state index contributed by atoms with van der Waals surface area (Å²) in [4.78, 5) is 6.78. The van der Waals surface area contributed by atoms with E-state index in [1.54, 1.807) is 0 Å². The number of unbranched alkanes of at least 4 members (excludes halogenated alkanes) is 3. The van der Waals surface area contributed by atoms with Gasteiger partial charge in [0, 0.05) is 28.0 Å². The molecule has 0 aromatic heterocycles. The summed E-state index contributed by atoms with van der Waals surface area (Å²) in [6, 6.07) is 15.9. The molecule has 1 aliphatic rings. The Hall–Kier alpha value is -1.49. The van der Waals surface area contributed by atoms with Crippen LogP contribution in [0.3, 0.4) is 0 Å². The lowest BCUT2D eigenvalue weighted by Crippen LogP contribution is -2.58. The first-order chi connectivity index (χ1) is 13.1. The SMILES string of the molecule is CCCCCCN1CN(c2ccc(Cl)cc2)CN(c2ccc(Cl)cc2)C1=S. The highest BCUT2D eigenvalue weighted by atomic mass is 35.5. The van der Waals surface area contributed by atoms with Crippen molar-refractivity contribution < 1.29 is 0 Å². The van der Waals surface area contributed by atoms with E-state index in [1.807, 2.05) is 36.4 Å². The number of hydrogen-bond acceptors (Lipinski definition) is 2. The van der Waals surface area contributed by atoms with E-state index in [9.17, 15) is 0 Å². The van der Waals surface area contributed by atoms with Crippen LogP contribution in [0.2, 0.25) is 10.0 Å². The van der Waals surface area contributed by atoms with E-state index in [0.717, 1.165) is 46.2 Å². The van der Waals surface area contributed by atoms with Gasteiger partial charge in [-0.3, -0.25) is 0 Å². The number of nitrogens with zero attached hydrogens (tertiary/aromatic N) is 3. The quantitative estimate of drug-likeness (QED) is 0.377. The minimum atomic E-state index is 0.702. The maximum atomic E-state index is 6.07. The summed E-state index contributed by atoms with van der Waals surface area (Å²) in [7, 11) is 0. The van der Waals surface area contributed by atoms with Crippen molar-refractivity contribution in [1.29, 1.82) is 0 Å². The van der Waals surface area contributed by atoms with Gasteiger partial charge in [0.2, 0.25) is 0 Å². The number of rotatable bonds is 7. The van der Waals surface area contributed by atoms with E-state index in [2.05, 4.69) is 33.8 Å². The molecule has 0 spiro atoms. The highest BCUT2D eigenvalue weighted by Gasteiger charge is 2.28. The molecular formula is C21H25Cl2N3S. The first kappa shape index (κ1) is 20.2. The van der Waals surface area contributed by atoms with Gasteiger partial charge in [-0.15, -0.1) is 0 Å². The van der Waals surface area contributed by atoms with E-state index < -0.39 is 0 Å². The van der Waals surface area contributed by atoms with Gasteiger partial charge in [-0.05, 0) is 67.2 Å². The Morgan fingerprint density at radius 1 is 0.815 bits per heavy atom. The molecule has 0 radical (unpaired) electrons. The van der Waals surface area contributed by atoms with Crippen LogP contribution >= 0.6 is 35.4 Å². The number of benzene rings is 2. The van der Waals surface area contributed by atoms with Crippen molar-refractivity contribution in [3.63, 3.8) is 0 Å². The highest BCUT2D eigenvalue weighted by Crippen LogP contribution is 2.27. The zero-order chi connectivity index (χ0) is 19.2. The Balaban J connectivity index is 1.81. The summed E-state index contributed by atoms with van der Waals surface area (Å²) in [5, 5.41) is 2.35. The van der Waals surface area contributed by atoms with E-state index in [0.29, 0.717) is 6.67 Å². The largest absolute Gasteiger partial charge is 0.336 e. The van der Waals surface area contributed by atoms with Gasteiger partial charge in [0.25, 0.3) is 0 Å². The maximum absolute atomic E-state index is 6.07. The van der Waals surface area contributed by atoms with Crippen molar-refractivity contribution in [1.82, 2.24) is 4.90 Å². The molecule has 3 rings (SSSR count). The lowest BCUT2D eigenvalue weighted by Gasteiger charge is -2.45. The Labute approximate surface area is 177 Å². The van der Waals surface area contributed by atoms with E-state index in [4.69, 9.17) is 35.4 Å². The fourth-order valence-corrected chi connectivity index (χ4v) is 3.80. The lowest BCUT2D eigenvalue weighted by atomic mass is 10.2. The molecule has 0 aliphatic carbocycles. The Morgan fingerprint density at radius 2 is 1.41 bits per heavy atom. The van der Waals surface area contributed by atoms with Gasteiger partial charge in [-0.25, -0.2) is 0 Å². The second-order valence-electron chi connectivity index (χ2n) is 6.81. The summed E-state index contributed by atoms with van der Waals surface area (Å²) in [5.41, 5.74) is 2.20. The number of halogens is 2. The van der Waals surface area contributed by atoms with E-state index >= 15 is 0 Å². The maximum Gasteiger partial charge on any atom is 0.179 e. The van der Waals surface area contributed by atoms with E-state index in [1.165, 1.54) is 19.3 Å². The van der Waals surface area contributed by atoms with Gasteiger partial charge in [-0.2, -0.15) is 0 Å². The van der Waals surface area contributed by atoms with Gasteiger partial charge < -0.3 is 14.7 Å². The summed E-state index contributed by atoms with van der Waals surface area (Å²) in [5.74, 6) is 0. The Bertz CT molecular complexity index is 749.